The second-order valence-corrected chi connectivity index (χ2v) is 7.02. The summed E-state index contributed by atoms with van der Waals surface area (Å²) in [5, 5.41) is 20.9. The Bertz CT molecular complexity index is 740. The first-order chi connectivity index (χ1) is 13.0. The van der Waals surface area contributed by atoms with Gasteiger partial charge in [-0.3, -0.25) is 10.1 Å². The summed E-state index contributed by atoms with van der Waals surface area (Å²) in [6, 6.07) is 4.92. The predicted molar refractivity (Wildman–Crippen MR) is 97.3 cm³/mol. The van der Waals surface area contributed by atoms with Crippen molar-refractivity contribution >= 4 is 23.8 Å². The van der Waals surface area contributed by atoms with Crippen molar-refractivity contribution in [2.24, 2.45) is 0 Å². The van der Waals surface area contributed by atoms with Crippen molar-refractivity contribution in [2.75, 3.05) is 31.7 Å². The molecule has 1 aromatic carbocycles. The molecule has 146 valence electrons. The van der Waals surface area contributed by atoms with Gasteiger partial charge in [-0.15, -0.1) is 0 Å². The van der Waals surface area contributed by atoms with Crippen LogP contribution in [-0.2, 0) is 9.53 Å². The van der Waals surface area contributed by atoms with Gasteiger partial charge in [0, 0.05) is 45.3 Å². The minimum atomic E-state index is -0.943. The lowest BCUT2D eigenvalue weighted by Crippen LogP contribution is -2.48. The number of methoxy groups -OCH3 is 1. The fourth-order valence-corrected chi connectivity index (χ4v) is 4.18. The fraction of sp³-hybridized carbons (Fsp3) is 0.556. The van der Waals surface area contributed by atoms with Crippen LogP contribution >= 0.6 is 0 Å². The normalized spacial score (nSPS) is 22.1. The summed E-state index contributed by atoms with van der Waals surface area (Å²) in [7, 11) is 1.58. The van der Waals surface area contributed by atoms with Gasteiger partial charge in [0.2, 0.25) is 0 Å². The SMILES string of the molecule is COCCC(CC=O)c1ccc(N2CC3CC2CN3C(=O)O)c([N+](=O)[O-])c1. The molecular weight excluding hydrogens is 354 g/mol. The minimum Gasteiger partial charge on any atom is -0.465 e. The van der Waals surface area contributed by atoms with E-state index in [-0.39, 0.29) is 30.1 Å². The molecule has 0 radical (unpaired) electrons. The van der Waals surface area contributed by atoms with Gasteiger partial charge in [0.15, 0.2) is 0 Å². The minimum absolute atomic E-state index is 0.00441. The summed E-state index contributed by atoms with van der Waals surface area (Å²) in [5.74, 6) is -0.132. The highest BCUT2D eigenvalue weighted by Crippen LogP contribution is 2.40. The van der Waals surface area contributed by atoms with Crippen molar-refractivity contribution in [3.63, 3.8) is 0 Å². The lowest BCUT2D eigenvalue weighted by atomic mass is 9.92. The van der Waals surface area contributed by atoms with Gasteiger partial charge in [0.25, 0.3) is 5.69 Å². The number of rotatable bonds is 8. The molecule has 2 fully saturated rings. The van der Waals surface area contributed by atoms with Crippen molar-refractivity contribution in [2.45, 2.75) is 37.3 Å². The van der Waals surface area contributed by atoms with E-state index in [0.717, 1.165) is 11.8 Å². The van der Waals surface area contributed by atoms with Gasteiger partial charge >= 0.3 is 6.09 Å². The molecule has 1 aromatic rings. The first-order valence-electron chi connectivity index (χ1n) is 8.93. The Balaban J connectivity index is 1.86. The zero-order chi connectivity index (χ0) is 19.6. The number of hydrogen-bond donors (Lipinski definition) is 1. The Morgan fingerprint density at radius 1 is 1.44 bits per heavy atom. The van der Waals surface area contributed by atoms with Crippen LogP contribution in [0.3, 0.4) is 0 Å². The number of likely N-dealkylation sites (tertiary alicyclic amines) is 1. The molecule has 9 heteroatoms. The summed E-state index contributed by atoms with van der Waals surface area (Å²) in [5.41, 5.74) is 1.25. The molecule has 2 bridgehead atoms. The average Bonchev–Trinajstić information content (AvgIpc) is 3.25. The van der Waals surface area contributed by atoms with Gasteiger partial charge in [-0.1, -0.05) is 6.07 Å². The Morgan fingerprint density at radius 3 is 2.78 bits per heavy atom. The lowest BCUT2D eigenvalue weighted by molar-refractivity contribution is -0.384. The number of nitro groups is 1. The molecule has 1 N–H and O–H groups in total. The van der Waals surface area contributed by atoms with Crippen LogP contribution in [0.25, 0.3) is 0 Å². The average molecular weight is 377 g/mol. The maximum atomic E-state index is 11.7. The first-order valence-corrected chi connectivity index (χ1v) is 8.93. The summed E-state index contributed by atoms with van der Waals surface area (Å²) < 4.78 is 5.08. The Morgan fingerprint density at radius 2 is 2.22 bits per heavy atom. The molecule has 3 atom stereocenters. The van der Waals surface area contributed by atoms with E-state index >= 15 is 0 Å². The lowest BCUT2D eigenvalue weighted by Gasteiger charge is -2.34. The molecule has 2 heterocycles. The number of benzene rings is 1. The molecule has 27 heavy (non-hydrogen) atoms. The molecule has 3 rings (SSSR count). The monoisotopic (exact) mass is 377 g/mol. The van der Waals surface area contributed by atoms with Crippen LogP contribution in [-0.4, -0.2) is 66.2 Å². The van der Waals surface area contributed by atoms with Crippen LogP contribution in [0, 0.1) is 10.1 Å². The number of anilines is 1. The summed E-state index contributed by atoms with van der Waals surface area (Å²) in [6.07, 6.45) is 1.45. The number of carboxylic acid groups (broad SMARTS) is 1. The number of amides is 1. The van der Waals surface area contributed by atoms with Crippen molar-refractivity contribution in [1.29, 1.82) is 0 Å². The van der Waals surface area contributed by atoms with Gasteiger partial charge in [0.1, 0.15) is 12.0 Å². The highest BCUT2D eigenvalue weighted by atomic mass is 16.6. The van der Waals surface area contributed by atoms with E-state index in [0.29, 0.717) is 38.2 Å². The first kappa shape index (κ1) is 19.1. The third-order valence-electron chi connectivity index (χ3n) is 5.51. The van der Waals surface area contributed by atoms with E-state index in [1.807, 2.05) is 11.0 Å². The molecule has 9 nitrogen and oxygen atoms in total. The standard InChI is InChI=1S/C18H23N3O6/c1-27-7-5-12(4-6-22)13-2-3-16(17(8-13)21(25)26)19-10-15-9-14(19)11-20(15)18(23)24/h2-3,6,8,12,14-15H,4-5,7,9-11H2,1H3,(H,23,24). The van der Waals surface area contributed by atoms with Crippen LogP contribution in [0.1, 0.15) is 30.7 Å². The number of aldehydes is 1. The van der Waals surface area contributed by atoms with E-state index in [9.17, 15) is 24.8 Å². The van der Waals surface area contributed by atoms with Gasteiger partial charge in [0.05, 0.1) is 11.0 Å². The predicted octanol–water partition coefficient (Wildman–Crippen LogP) is 2.24. The molecule has 0 spiro atoms. The van der Waals surface area contributed by atoms with Crippen LogP contribution < -0.4 is 4.90 Å². The molecular formula is C18H23N3O6. The van der Waals surface area contributed by atoms with Gasteiger partial charge < -0.3 is 24.4 Å². The molecule has 0 aromatic heterocycles. The quantitative estimate of drug-likeness (QED) is 0.420. The molecule has 2 aliphatic heterocycles. The second kappa shape index (κ2) is 7.91. The Labute approximate surface area is 156 Å². The van der Waals surface area contributed by atoms with Crippen LogP contribution in [0.4, 0.5) is 16.2 Å². The highest BCUT2D eigenvalue weighted by molar-refractivity contribution is 5.70. The smallest absolute Gasteiger partial charge is 0.407 e. The largest absolute Gasteiger partial charge is 0.465 e. The number of nitrogens with zero attached hydrogens (tertiary/aromatic N) is 3. The van der Waals surface area contributed by atoms with Crippen LogP contribution in [0.15, 0.2) is 18.2 Å². The van der Waals surface area contributed by atoms with Gasteiger partial charge in [-0.2, -0.15) is 0 Å². The van der Waals surface area contributed by atoms with Gasteiger partial charge in [-0.05, 0) is 30.4 Å². The maximum absolute atomic E-state index is 11.7. The number of nitro benzene ring substituents is 1. The zero-order valence-electron chi connectivity index (χ0n) is 15.1. The Hall–Kier alpha value is -2.68. The maximum Gasteiger partial charge on any atom is 0.407 e. The summed E-state index contributed by atoms with van der Waals surface area (Å²) in [4.78, 5) is 36.8. The van der Waals surface area contributed by atoms with E-state index in [4.69, 9.17) is 4.74 Å². The zero-order valence-corrected chi connectivity index (χ0v) is 15.1. The van der Waals surface area contributed by atoms with E-state index < -0.39 is 11.0 Å². The molecule has 2 aliphatic rings. The van der Waals surface area contributed by atoms with Crippen molar-refractivity contribution in [3.8, 4) is 0 Å². The number of carbonyl (C=O) groups excluding carboxylic acids is 1. The number of hydrogen-bond acceptors (Lipinski definition) is 6. The molecule has 2 saturated heterocycles. The number of carbonyl (C=O) groups is 2. The number of fused-ring (bicyclic) bond motifs is 2. The summed E-state index contributed by atoms with van der Waals surface area (Å²) >= 11 is 0. The van der Waals surface area contributed by atoms with Crippen LogP contribution in [0.5, 0.6) is 0 Å². The number of piperazine rings is 1. The number of ether oxygens (including phenoxy) is 1. The molecule has 1 amide bonds. The second-order valence-electron chi connectivity index (χ2n) is 7.02. The Kier molecular flexibility index (Phi) is 5.59. The topological polar surface area (TPSA) is 113 Å². The van der Waals surface area contributed by atoms with E-state index in [1.54, 1.807) is 19.2 Å². The third kappa shape index (κ3) is 3.73. The van der Waals surface area contributed by atoms with Crippen molar-refractivity contribution < 1.29 is 24.4 Å². The third-order valence-corrected chi connectivity index (χ3v) is 5.51. The van der Waals surface area contributed by atoms with E-state index in [1.165, 1.54) is 4.90 Å². The van der Waals surface area contributed by atoms with Crippen molar-refractivity contribution in [1.82, 2.24) is 4.90 Å². The molecule has 3 unspecified atom stereocenters. The fourth-order valence-electron chi connectivity index (χ4n) is 4.18. The van der Waals surface area contributed by atoms with Gasteiger partial charge in [-0.25, -0.2) is 4.79 Å². The molecule has 0 saturated carbocycles. The summed E-state index contributed by atoms with van der Waals surface area (Å²) in [6.45, 7) is 1.29. The molecule has 0 aliphatic carbocycles. The van der Waals surface area contributed by atoms with Crippen molar-refractivity contribution in [3.05, 3.63) is 33.9 Å². The van der Waals surface area contributed by atoms with Crippen LogP contribution in [0.2, 0.25) is 0 Å². The van der Waals surface area contributed by atoms with E-state index in [2.05, 4.69) is 0 Å². The highest BCUT2D eigenvalue weighted by Gasteiger charge is 2.46.